The molecule has 0 fully saturated rings. The number of aromatic nitrogens is 1. The summed E-state index contributed by atoms with van der Waals surface area (Å²) in [5.41, 5.74) is 11.4. The molecule has 41 heavy (non-hydrogen) atoms. The summed E-state index contributed by atoms with van der Waals surface area (Å²) in [7, 11) is 0. The molecule has 190 valence electrons. The molecule has 0 amide bonds. The third-order valence-corrected chi connectivity index (χ3v) is 8.81. The van der Waals surface area contributed by atoms with E-state index in [1.807, 2.05) is 34.9 Å². The van der Waals surface area contributed by atoms with E-state index in [2.05, 4.69) is 114 Å². The Morgan fingerprint density at radius 2 is 1.07 bits per heavy atom. The van der Waals surface area contributed by atoms with Crippen molar-refractivity contribution in [2.75, 3.05) is 4.90 Å². The average molecular weight is 522 g/mol. The van der Waals surface area contributed by atoms with E-state index in [-0.39, 0.29) is 12.3 Å². The van der Waals surface area contributed by atoms with Crippen LogP contribution in [0.5, 0.6) is 0 Å². The summed E-state index contributed by atoms with van der Waals surface area (Å²) in [6.07, 6.45) is 0. The van der Waals surface area contributed by atoms with Gasteiger partial charge in [0.05, 0.1) is 5.52 Å². The minimum atomic E-state index is 0.0292. The van der Waals surface area contributed by atoms with Gasteiger partial charge in [0.25, 0.3) is 12.3 Å². The Morgan fingerprint density at radius 1 is 0.463 bits per heavy atom. The van der Waals surface area contributed by atoms with Gasteiger partial charge in [-0.2, -0.15) is 0 Å². The first-order chi connectivity index (χ1) is 20.3. The number of anilines is 3. The van der Waals surface area contributed by atoms with Crippen LogP contribution in [-0.4, -0.2) is 11.3 Å². The maximum atomic E-state index is 14.2. The SMILES string of the molecule is O=c1c2ccccc2c2ccc3c4c2n1-c1ccccc1B4c1ccccc1N3c1ccc(-c2ccccc2)cc1. The van der Waals surface area contributed by atoms with E-state index in [9.17, 15) is 4.79 Å². The molecule has 3 nitrogen and oxygen atoms in total. The molecule has 0 unspecified atom stereocenters. The first kappa shape index (κ1) is 22.5. The highest BCUT2D eigenvalue weighted by Gasteiger charge is 2.41. The van der Waals surface area contributed by atoms with E-state index >= 15 is 0 Å². The lowest BCUT2D eigenvalue weighted by Gasteiger charge is -2.40. The number of hydrogen-bond acceptors (Lipinski definition) is 2. The van der Waals surface area contributed by atoms with Gasteiger partial charge in [-0.3, -0.25) is 9.36 Å². The summed E-state index contributed by atoms with van der Waals surface area (Å²) in [5, 5.41) is 2.86. The number of fused-ring (bicyclic) bond motifs is 7. The topological polar surface area (TPSA) is 25.2 Å². The maximum Gasteiger partial charge on any atom is 0.263 e. The molecule has 4 heteroatoms. The Kier molecular flexibility index (Phi) is 4.56. The lowest BCUT2D eigenvalue weighted by molar-refractivity contribution is 1.07. The minimum absolute atomic E-state index is 0.0292. The second-order valence-electron chi connectivity index (χ2n) is 10.9. The molecule has 6 aromatic carbocycles. The van der Waals surface area contributed by atoms with Crippen LogP contribution >= 0.6 is 0 Å². The Labute approximate surface area is 237 Å². The summed E-state index contributed by atoms with van der Waals surface area (Å²) in [6.45, 7) is 0.0292. The number of para-hydroxylation sites is 2. The van der Waals surface area contributed by atoms with E-state index in [1.165, 1.54) is 27.7 Å². The van der Waals surface area contributed by atoms with Crippen LogP contribution in [0.4, 0.5) is 17.1 Å². The minimum Gasteiger partial charge on any atom is -0.311 e. The molecule has 0 bridgehead atoms. The largest absolute Gasteiger partial charge is 0.311 e. The van der Waals surface area contributed by atoms with Crippen molar-refractivity contribution >= 4 is 61.8 Å². The van der Waals surface area contributed by atoms with E-state index in [0.717, 1.165) is 44.2 Å². The van der Waals surface area contributed by atoms with Gasteiger partial charge in [-0.1, -0.05) is 103 Å². The zero-order valence-electron chi connectivity index (χ0n) is 22.2. The van der Waals surface area contributed by atoms with Gasteiger partial charge in [0.1, 0.15) is 0 Å². The molecule has 1 aromatic heterocycles. The lowest BCUT2D eigenvalue weighted by Crippen LogP contribution is -2.61. The molecule has 0 atom stereocenters. The molecule has 0 N–H and O–H groups in total. The van der Waals surface area contributed by atoms with Crippen LogP contribution < -0.4 is 26.8 Å². The second kappa shape index (κ2) is 8.33. The predicted molar refractivity (Wildman–Crippen MR) is 172 cm³/mol. The van der Waals surface area contributed by atoms with E-state index in [0.29, 0.717) is 0 Å². The van der Waals surface area contributed by atoms with Crippen LogP contribution in [0.1, 0.15) is 0 Å². The predicted octanol–water partition coefficient (Wildman–Crippen LogP) is 6.42. The highest BCUT2D eigenvalue weighted by atomic mass is 16.1. The van der Waals surface area contributed by atoms with Crippen LogP contribution in [0.15, 0.2) is 144 Å². The molecule has 2 aliphatic heterocycles. The first-order valence-corrected chi connectivity index (χ1v) is 14.0. The fourth-order valence-electron chi connectivity index (χ4n) is 7.08. The molecule has 0 aliphatic carbocycles. The Bertz CT molecular complexity index is 2240. The van der Waals surface area contributed by atoms with Crippen molar-refractivity contribution in [3.8, 4) is 16.8 Å². The highest BCUT2D eigenvalue weighted by molar-refractivity contribution is 7.00. The molecule has 7 aromatic rings. The zero-order chi connectivity index (χ0) is 27.1. The molecule has 2 aliphatic rings. The highest BCUT2D eigenvalue weighted by Crippen LogP contribution is 2.40. The molecular weight excluding hydrogens is 499 g/mol. The van der Waals surface area contributed by atoms with Gasteiger partial charge >= 0.3 is 0 Å². The van der Waals surface area contributed by atoms with Crippen molar-refractivity contribution in [2.45, 2.75) is 0 Å². The Balaban J connectivity index is 1.39. The standard InChI is InChI=1S/C37H23BN2O/c41-37-29-13-5-4-12-27(29)28-22-23-34-35-36(28)40(37)33-17-9-7-15-31(33)38(35)30-14-6-8-16-32(30)39(34)26-20-18-25(19-21-26)24-10-2-1-3-11-24/h1-23H. The molecule has 0 spiro atoms. The number of nitrogens with zero attached hydrogens (tertiary/aromatic N) is 2. The molecule has 0 radical (unpaired) electrons. The summed E-state index contributed by atoms with van der Waals surface area (Å²) in [5.74, 6) is 0. The zero-order valence-corrected chi connectivity index (χ0v) is 22.2. The number of pyridine rings is 1. The van der Waals surface area contributed by atoms with E-state index in [1.54, 1.807) is 0 Å². The van der Waals surface area contributed by atoms with Gasteiger partial charge in [-0.05, 0) is 69.3 Å². The quantitative estimate of drug-likeness (QED) is 0.193. The normalized spacial score (nSPS) is 12.9. The van der Waals surface area contributed by atoms with Crippen LogP contribution in [0, 0.1) is 0 Å². The van der Waals surface area contributed by atoms with Crippen LogP contribution in [-0.2, 0) is 0 Å². The van der Waals surface area contributed by atoms with Crippen molar-refractivity contribution in [1.29, 1.82) is 0 Å². The van der Waals surface area contributed by atoms with Gasteiger partial charge < -0.3 is 4.90 Å². The van der Waals surface area contributed by atoms with Crippen LogP contribution in [0.2, 0.25) is 0 Å². The van der Waals surface area contributed by atoms with Crippen molar-refractivity contribution in [2.24, 2.45) is 0 Å². The van der Waals surface area contributed by atoms with E-state index < -0.39 is 0 Å². The molecule has 9 rings (SSSR count). The average Bonchev–Trinajstić information content (AvgIpc) is 3.05. The van der Waals surface area contributed by atoms with Crippen molar-refractivity contribution in [3.63, 3.8) is 0 Å². The fourth-order valence-corrected chi connectivity index (χ4v) is 7.08. The number of rotatable bonds is 2. The summed E-state index contributed by atoms with van der Waals surface area (Å²) >= 11 is 0. The molecule has 3 heterocycles. The first-order valence-electron chi connectivity index (χ1n) is 14.0. The van der Waals surface area contributed by atoms with Crippen molar-refractivity contribution in [3.05, 3.63) is 150 Å². The number of benzene rings is 6. The third-order valence-electron chi connectivity index (χ3n) is 8.81. The van der Waals surface area contributed by atoms with E-state index in [4.69, 9.17) is 0 Å². The lowest BCUT2D eigenvalue weighted by atomic mass is 9.33. The van der Waals surface area contributed by atoms with Crippen molar-refractivity contribution in [1.82, 2.24) is 4.57 Å². The van der Waals surface area contributed by atoms with Crippen LogP contribution in [0.25, 0.3) is 38.5 Å². The summed E-state index contributed by atoms with van der Waals surface area (Å²) in [4.78, 5) is 16.5. The van der Waals surface area contributed by atoms with Gasteiger partial charge in [-0.25, -0.2) is 0 Å². The number of hydrogen-bond donors (Lipinski definition) is 0. The maximum absolute atomic E-state index is 14.2. The van der Waals surface area contributed by atoms with Crippen LogP contribution in [0.3, 0.4) is 0 Å². The molecule has 0 saturated heterocycles. The van der Waals surface area contributed by atoms with Gasteiger partial charge in [-0.15, -0.1) is 0 Å². The Hall–Kier alpha value is -5.35. The Morgan fingerprint density at radius 3 is 1.85 bits per heavy atom. The van der Waals surface area contributed by atoms with Crippen molar-refractivity contribution < 1.29 is 0 Å². The summed E-state index contributed by atoms with van der Waals surface area (Å²) in [6, 6.07) is 48.9. The third kappa shape index (κ3) is 3.02. The summed E-state index contributed by atoms with van der Waals surface area (Å²) < 4.78 is 1.97. The fraction of sp³-hybridized carbons (Fsp3) is 0. The van der Waals surface area contributed by atoms with Gasteiger partial charge in [0, 0.05) is 33.5 Å². The molecule has 0 saturated carbocycles. The monoisotopic (exact) mass is 522 g/mol. The van der Waals surface area contributed by atoms with Gasteiger partial charge in [0.2, 0.25) is 0 Å². The van der Waals surface area contributed by atoms with Gasteiger partial charge in [0.15, 0.2) is 0 Å². The molecular formula is C37H23BN2O. The smallest absolute Gasteiger partial charge is 0.263 e. The second-order valence-corrected chi connectivity index (χ2v) is 10.9.